The second-order valence-electron chi connectivity index (χ2n) is 6.69. The lowest BCUT2D eigenvalue weighted by atomic mass is 10.1. The summed E-state index contributed by atoms with van der Waals surface area (Å²) in [5.74, 6) is 1.03. The van der Waals surface area contributed by atoms with Crippen LogP contribution >= 0.6 is 0 Å². The van der Waals surface area contributed by atoms with E-state index in [2.05, 4.69) is 64.4 Å². The van der Waals surface area contributed by atoms with Gasteiger partial charge in [0.05, 0.1) is 6.10 Å². The number of guanidine groups is 1. The summed E-state index contributed by atoms with van der Waals surface area (Å²) in [5, 5.41) is 3.51. The molecule has 1 fully saturated rings. The van der Waals surface area contributed by atoms with Crippen LogP contribution in [0.2, 0.25) is 0 Å². The predicted molar refractivity (Wildman–Crippen MR) is 105 cm³/mol. The normalized spacial score (nSPS) is 16.5. The summed E-state index contributed by atoms with van der Waals surface area (Å²) >= 11 is 0. The number of hydrogen-bond donors (Lipinski definition) is 1. The molecule has 5 heteroatoms. The Kier molecular flexibility index (Phi) is 8.77. The maximum atomic E-state index is 5.73. The van der Waals surface area contributed by atoms with Gasteiger partial charge in [0, 0.05) is 39.8 Å². The average molecular weight is 347 g/mol. The first-order chi connectivity index (χ1) is 12.2. The standard InChI is InChI=1S/C20H34N4O/c1-4-25-19-11-15-24(16-12-19)20(21-2)22-13-8-14-23(3)17-18-9-6-5-7-10-18/h5-7,9-10,19H,4,8,11-17H2,1-3H3,(H,21,22). The lowest BCUT2D eigenvalue weighted by Crippen LogP contribution is -2.47. The van der Waals surface area contributed by atoms with Crippen LogP contribution in [0.3, 0.4) is 0 Å². The molecule has 5 nitrogen and oxygen atoms in total. The molecule has 1 aromatic carbocycles. The van der Waals surface area contributed by atoms with Gasteiger partial charge in [0.2, 0.25) is 0 Å². The molecule has 1 aromatic rings. The Morgan fingerprint density at radius 3 is 2.64 bits per heavy atom. The smallest absolute Gasteiger partial charge is 0.193 e. The predicted octanol–water partition coefficient (Wildman–Crippen LogP) is 2.58. The molecule has 0 atom stereocenters. The Bertz CT molecular complexity index is 498. The van der Waals surface area contributed by atoms with Crippen molar-refractivity contribution >= 4 is 5.96 Å². The lowest BCUT2D eigenvalue weighted by molar-refractivity contribution is 0.0264. The van der Waals surface area contributed by atoms with Crippen molar-refractivity contribution in [2.75, 3.05) is 46.9 Å². The van der Waals surface area contributed by atoms with Crippen LogP contribution in [0.25, 0.3) is 0 Å². The van der Waals surface area contributed by atoms with Gasteiger partial charge in [-0.05, 0) is 45.3 Å². The van der Waals surface area contributed by atoms with E-state index in [0.717, 1.165) is 64.6 Å². The van der Waals surface area contributed by atoms with Crippen molar-refractivity contribution in [2.45, 2.75) is 38.8 Å². The summed E-state index contributed by atoms with van der Waals surface area (Å²) in [5.41, 5.74) is 1.37. The van der Waals surface area contributed by atoms with Crippen LogP contribution in [-0.4, -0.2) is 68.7 Å². The Hall–Kier alpha value is -1.59. The summed E-state index contributed by atoms with van der Waals surface area (Å²) in [6.07, 6.45) is 3.71. The molecule has 1 N–H and O–H groups in total. The Labute approximate surface area is 153 Å². The molecule has 25 heavy (non-hydrogen) atoms. The van der Waals surface area contributed by atoms with Crippen LogP contribution in [0.1, 0.15) is 31.7 Å². The summed E-state index contributed by atoms with van der Waals surface area (Å²) in [6.45, 7) is 7.97. The average Bonchev–Trinajstić information content (AvgIpc) is 2.64. The van der Waals surface area contributed by atoms with Crippen molar-refractivity contribution in [1.29, 1.82) is 0 Å². The van der Waals surface area contributed by atoms with Gasteiger partial charge in [0.15, 0.2) is 5.96 Å². The lowest BCUT2D eigenvalue weighted by Gasteiger charge is -2.34. The van der Waals surface area contributed by atoms with E-state index in [0.29, 0.717) is 6.10 Å². The zero-order chi connectivity index (χ0) is 17.9. The SMILES string of the molecule is CCOC1CCN(C(=NC)NCCCN(C)Cc2ccccc2)CC1. The van der Waals surface area contributed by atoms with Crippen LogP contribution in [0.5, 0.6) is 0 Å². The van der Waals surface area contributed by atoms with E-state index in [1.165, 1.54) is 5.56 Å². The fraction of sp³-hybridized carbons (Fsp3) is 0.650. The van der Waals surface area contributed by atoms with E-state index in [1.54, 1.807) is 0 Å². The first kappa shape index (κ1) is 19.7. The summed E-state index contributed by atoms with van der Waals surface area (Å²) < 4.78 is 5.73. The number of aliphatic imine (C=N–C) groups is 1. The zero-order valence-corrected chi connectivity index (χ0v) is 16.1. The van der Waals surface area contributed by atoms with E-state index in [-0.39, 0.29) is 0 Å². The van der Waals surface area contributed by atoms with Gasteiger partial charge in [0.1, 0.15) is 0 Å². The van der Waals surface area contributed by atoms with Crippen LogP contribution in [-0.2, 0) is 11.3 Å². The van der Waals surface area contributed by atoms with E-state index in [4.69, 9.17) is 4.74 Å². The maximum absolute atomic E-state index is 5.73. The minimum atomic E-state index is 0.422. The van der Waals surface area contributed by atoms with Crippen molar-refractivity contribution in [1.82, 2.24) is 15.1 Å². The highest BCUT2D eigenvalue weighted by atomic mass is 16.5. The van der Waals surface area contributed by atoms with Gasteiger partial charge in [-0.1, -0.05) is 30.3 Å². The number of rotatable bonds is 8. The summed E-state index contributed by atoms with van der Waals surface area (Å²) in [7, 11) is 4.05. The maximum Gasteiger partial charge on any atom is 0.193 e. The molecule has 0 saturated carbocycles. The fourth-order valence-corrected chi connectivity index (χ4v) is 3.33. The Morgan fingerprint density at radius 1 is 1.28 bits per heavy atom. The topological polar surface area (TPSA) is 40.1 Å². The molecular formula is C20H34N4O. The summed E-state index contributed by atoms with van der Waals surface area (Å²) in [4.78, 5) is 9.16. The van der Waals surface area contributed by atoms with Crippen molar-refractivity contribution in [2.24, 2.45) is 4.99 Å². The second kappa shape index (κ2) is 11.1. The number of benzene rings is 1. The quantitative estimate of drug-likeness (QED) is 0.446. The molecule has 1 heterocycles. The van der Waals surface area contributed by atoms with Gasteiger partial charge in [-0.3, -0.25) is 4.99 Å². The van der Waals surface area contributed by atoms with Gasteiger partial charge in [-0.2, -0.15) is 0 Å². The monoisotopic (exact) mass is 346 g/mol. The number of nitrogens with zero attached hydrogens (tertiary/aromatic N) is 3. The first-order valence-corrected chi connectivity index (χ1v) is 9.52. The highest BCUT2D eigenvalue weighted by Crippen LogP contribution is 2.13. The van der Waals surface area contributed by atoms with Crippen LogP contribution in [0.15, 0.2) is 35.3 Å². The molecule has 0 radical (unpaired) electrons. The molecule has 140 valence electrons. The molecule has 0 aliphatic carbocycles. The molecule has 0 spiro atoms. The molecule has 1 saturated heterocycles. The molecule has 1 aliphatic rings. The Balaban J connectivity index is 1.63. The molecule has 0 unspecified atom stereocenters. The number of hydrogen-bond acceptors (Lipinski definition) is 3. The van der Waals surface area contributed by atoms with Gasteiger partial charge in [-0.25, -0.2) is 0 Å². The van der Waals surface area contributed by atoms with Gasteiger partial charge in [0.25, 0.3) is 0 Å². The molecule has 0 aromatic heterocycles. The minimum Gasteiger partial charge on any atom is -0.378 e. The highest BCUT2D eigenvalue weighted by Gasteiger charge is 2.21. The van der Waals surface area contributed by atoms with Gasteiger partial charge < -0.3 is 19.9 Å². The van der Waals surface area contributed by atoms with Crippen LogP contribution < -0.4 is 5.32 Å². The third-order valence-corrected chi connectivity index (χ3v) is 4.65. The minimum absolute atomic E-state index is 0.422. The zero-order valence-electron chi connectivity index (χ0n) is 16.1. The molecule has 0 bridgehead atoms. The first-order valence-electron chi connectivity index (χ1n) is 9.52. The molecule has 0 amide bonds. The highest BCUT2D eigenvalue weighted by molar-refractivity contribution is 5.79. The fourth-order valence-electron chi connectivity index (χ4n) is 3.33. The number of ether oxygens (including phenoxy) is 1. The number of piperidine rings is 1. The van der Waals surface area contributed by atoms with Crippen LogP contribution in [0.4, 0.5) is 0 Å². The number of likely N-dealkylation sites (tertiary alicyclic amines) is 1. The van der Waals surface area contributed by atoms with E-state index in [9.17, 15) is 0 Å². The third-order valence-electron chi connectivity index (χ3n) is 4.65. The van der Waals surface area contributed by atoms with E-state index in [1.807, 2.05) is 7.05 Å². The van der Waals surface area contributed by atoms with E-state index >= 15 is 0 Å². The summed E-state index contributed by atoms with van der Waals surface area (Å²) in [6, 6.07) is 10.6. The molecular weight excluding hydrogens is 312 g/mol. The Morgan fingerprint density at radius 2 is 2.00 bits per heavy atom. The van der Waals surface area contributed by atoms with Crippen molar-refractivity contribution in [3.63, 3.8) is 0 Å². The third kappa shape index (κ3) is 7.04. The largest absolute Gasteiger partial charge is 0.378 e. The van der Waals surface area contributed by atoms with Crippen molar-refractivity contribution < 1.29 is 4.74 Å². The number of nitrogens with one attached hydrogen (secondary N) is 1. The van der Waals surface area contributed by atoms with E-state index < -0.39 is 0 Å². The van der Waals surface area contributed by atoms with Gasteiger partial charge in [-0.15, -0.1) is 0 Å². The van der Waals surface area contributed by atoms with Crippen LogP contribution in [0, 0.1) is 0 Å². The molecule has 2 rings (SSSR count). The molecule has 1 aliphatic heterocycles. The van der Waals surface area contributed by atoms with Gasteiger partial charge >= 0.3 is 0 Å². The van der Waals surface area contributed by atoms with Crippen molar-refractivity contribution in [3.05, 3.63) is 35.9 Å². The van der Waals surface area contributed by atoms with Crippen molar-refractivity contribution in [3.8, 4) is 0 Å². The second-order valence-corrected chi connectivity index (χ2v) is 6.69.